The third kappa shape index (κ3) is 4.39. The van der Waals surface area contributed by atoms with Crippen LogP contribution in [0.1, 0.15) is 36.0 Å². The molecule has 1 aliphatic heterocycles. The van der Waals surface area contributed by atoms with Gasteiger partial charge < -0.3 is 20.9 Å². The largest absolute Gasteiger partial charge is 0.353 e. The molecule has 3 fully saturated rings. The SMILES string of the molecule is O=C(Nc1cccc(-c2ccc(C(=O)N3CCNC(=O)C4(CC4)NCC3)cc2)c1)C1CC1. The topological polar surface area (TPSA) is 90.5 Å². The zero-order valence-electron chi connectivity index (χ0n) is 18.0. The number of nitrogens with zero attached hydrogens (tertiary/aromatic N) is 1. The van der Waals surface area contributed by atoms with Crippen molar-refractivity contribution >= 4 is 23.4 Å². The minimum absolute atomic E-state index is 0.0372. The van der Waals surface area contributed by atoms with Crippen LogP contribution in [0.4, 0.5) is 5.69 Å². The Bertz CT molecular complexity index is 1040. The number of hydrogen-bond acceptors (Lipinski definition) is 4. The van der Waals surface area contributed by atoms with Gasteiger partial charge >= 0.3 is 0 Å². The summed E-state index contributed by atoms with van der Waals surface area (Å²) in [5.41, 5.74) is 2.98. The molecule has 1 heterocycles. The van der Waals surface area contributed by atoms with E-state index in [1.165, 1.54) is 0 Å². The molecule has 2 aromatic rings. The lowest BCUT2D eigenvalue weighted by molar-refractivity contribution is -0.124. The van der Waals surface area contributed by atoms with Crippen LogP contribution in [-0.4, -0.2) is 54.3 Å². The fraction of sp³-hybridized carbons (Fsp3) is 0.400. The van der Waals surface area contributed by atoms with Gasteiger partial charge in [-0.25, -0.2) is 0 Å². The van der Waals surface area contributed by atoms with Gasteiger partial charge in [0.15, 0.2) is 0 Å². The van der Waals surface area contributed by atoms with Crippen LogP contribution in [0.15, 0.2) is 48.5 Å². The Morgan fingerprint density at radius 3 is 2.44 bits per heavy atom. The number of anilines is 1. The van der Waals surface area contributed by atoms with Gasteiger partial charge in [-0.1, -0.05) is 24.3 Å². The van der Waals surface area contributed by atoms with Gasteiger partial charge in [0.2, 0.25) is 11.8 Å². The maximum Gasteiger partial charge on any atom is 0.253 e. The number of hydrogen-bond donors (Lipinski definition) is 3. The highest BCUT2D eigenvalue weighted by Gasteiger charge is 2.49. The molecule has 7 nitrogen and oxygen atoms in total. The van der Waals surface area contributed by atoms with E-state index in [-0.39, 0.29) is 23.6 Å². The number of benzene rings is 2. The van der Waals surface area contributed by atoms with Crippen molar-refractivity contribution in [3.8, 4) is 11.1 Å². The van der Waals surface area contributed by atoms with Gasteiger partial charge in [0, 0.05) is 43.3 Å². The highest BCUT2D eigenvalue weighted by atomic mass is 16.2. The average Bonchev–Trinajstić information content (AvgIpc) is 3.72. The Labute approximate surface area is 187 Å². The van der Waals surface area contributed by atoms with Crippen LogP contribution >= 0.6 is 0 Å². The first-order valence-electron chi connectivity index (χ1n) is 11.4. The molecule has 166 valence electrons. The van der Waals surface area contributed by atoms with Crippen molar-refractivity contribution in [1.82, 2.24) is 15.5 Å². The molecular weight excluding hydrogens is 404 g/mol. The van der Waals surface area contributed by atoms with E-state index in [4.69, 9.17) is 0 Å². The van der Waals surface area contributed by atoms with Gasteiger partial charge in [-0.15, -0.1) is 0 Å². The molecule has 0 bridgehead atoms. The fourth-order valence-corrected chi connectivity index (χ4v) is 4.18. The zero-order valence-corrected chi connectivity index (χ0v) is 18.0. The molecule has 7 heteroatoms. The Kier molecular flexibility index (Phi) is 5.43. The summed E-state index contributed by atoms with van der Waals surface area (Å²) in [6.45, 7) is 2.13. The van der Waals surface area contributed by atoms with Crippen LogP contribution < -0.4 is 16.0 Å². The first-order valence-corrected chi connectivity index (χ1v) is 11.4. The van der Waals surface area contributed by atoms with Crippen molar-refractivity contribution in [2.75, 3.05) is 31.5 Å². The molecule has 1 saturated heterocycles. The van der Waals surface area contributed by atoms with Crippen molar-refractivity contribution in [2.45, 2.75) is 31.2 Å². The lowest BCUT2D eigenvalue weighted by atomic mass is 10.0. The van der Waals surface area contributed by atoms with Crippen molar-refractivity contribution < 1.29 is 14.4 Å². The number of rotatable bonds is 4. The maximum absolute atomic E-state index is 13.1. The van der Waals surface area contributed by atoms with Gasteiger partial charge in [0.1, 0.15) is 0 Å². The van der Waals surface area contributed by atoms with E-state index in [0.29, 0.717) is 31.7 Å². The first kappa shape index (κ1) is 20.7. The summed E-state index contributed by atoms with van der Waals surface area (Å²) in [4.78, 5) is 39.1. The summed E-state index contributed by atoms with van der Waals surface area (Å²) in [5, 5.41) is 9.25. The predicted octanol–water partition coefficient (Wildman–Crippen LogP) is 2.40. The molecular formula is C25H28N4O3. The summed E-state index contributed by atoms with van der Waals surface area (Å²) in [5.74, 6) is 0.261. The van der Waals surface area contributed by atoms with Crippen LogP contribution in [-0.2, 0) is 9.59 Å². The normalized spacial score (nSPS) is 20.0. The van der Waals surface area contributed by atoms with Crippen molar-refractivity contribution in [1.29, 1.82) is 0 Å². The molecule has 0 atom stereocenters. The van der Waals surface area contributed by atoms with E-state index in [1.54, 1.807) is 4.90 Å². The van der Waals surface area contributed by atoms with Crippen LogP contribution in [0.2, 0.25) is 0 Å². The molecule has 5 rings (SSSR count). The molecule has 0 unspecified atom stereocenters. The molecule has 2 aromatic carbocycles. The van der Waals surface area contributed by atoms with Crippen LogP contribution in [0.3, 0.4) is 0 Å². The zero-order chi connectivity index (χ0) is 22.1. The van der Waals surface area contributed by atoms with Gasteiger partial charge in [0.05, 0.1) is 5.54 Å². The smallest absolute Gasteiger partial charge is 0.253 e. The molecule has 1 spiro atoms. The maximum atomic E-state index is 13.1. The summed E-state index contributed by atoms with van der Waals surface area (Å²) in [6.07, 6.45) is 3.67. The Balaban J connectivity index is 1.25. The molecule has 2 aliphatic carbocycles. The van der Waals surface area contributed by atoms with E-state index in [0.717, 1.165) is 42.5 Å². The van der Waals surface area contributed by atoms with Crippen LogP contribution in [0, 0.1) is 5.92 Å². The standard InChI is InChI=1S/C25H28N4O3/c30-22(18-6-7-18)28-21-3-1-2-20(16-21)17-4-8-19(9-5-17)23(31)29-14-12-26-24(32)25(10-11-25)27-13-15-29/h1-5,8-9,16,18,27H,6-7,10-15H2,(H,26,32)(H,28,30). The molecule has 32 heavy (non-hydrogen) atoms. The fourth-order valence-electron chi connectivity index (χ4n) is 4.18. The molecule has 3 aliphatic rings. The molecule has 2 saturated carbocycles. The molecule has 0 radical (unpaired) electrons. The van der Waals surface area contributed by atoms with Crippen molar-refractivity contribution in [2.24, 2.45) is 5.92 Å². The molecule has 0 aromatic heterocycles. The van der Waals surface area contributed by atoms with E-state index >= 15 is 0 Å². The van der Waals surface area contributed by atoms with Crippen molar-refractivity contribution in [3.63, 3.8) is 0 Å². The lowest BCUT2D eigenvalue weighted by Gasteiger charge is -2.22. The number of nitrogens with one attached hydrogen (secondary N) is 3. The Morgan fingerprint density at radius 1 is 0.969 bits per heavy atom. The van der Waals surface area contributed by atoms with E-state index in [1.807, 2.05) is 48.5 Å². The highest BCUT2D eigenvalue weighted by molar-refractivity contribution is 5.96. The predicted molar refractivity (Wildman–Crippen MR) is 122 cm³/mol. The summed E-state index contributed by atoms with van der Waals surface area (Å²) in [6, 6.07) is 15.3. The third-order valence-electron chi connectivity index (χ3n) is 6.53. The Hall–Kier alpha value is -3.19. The first-order chi connectivity index (χ1) is 15.5. The average molecular weight is 433 g/mol. The number of carbonyl (C=O) groups is 3. The van der Waals surface area contributed by atoms with Crippen molar-refractivity contribution in [3.05, 3.63) is 54.1 Å². The third-order valence-corrected chi connectivity index (χ3v) is 6.53. The molecule has 3 amide bonds. The van der Waals surface area contributed by atoms with Gasteiger partial charge in [-0.2, -0.15) is 0 Å². The second-order valence-corrected chi connectivity index (χ2v) is 8.98. The monoisotopic (exact) mass is 432 g/mol. The second-order valence-electron chi connectivity index (χ2n) is 8.98. The van der Waals surface area contributed by atoms with E-state index < -0.39 is 5.54 Å². The van der Waals surface area contributed by atoms with E-state index in [9.17, 15) is 14.4 Å². The molecule has 3 N–H and O–H groups in total. The van der Waals surface area contributed by atoms with Crippen LogP contribution in [0.25, 0.3) is 11.1 Å². The number of carbonyl (C=O) groups excluding carboxylic acids is 3. The summed E-state index contributed by atoms with van der Waals surface area (Å²) < 4.78 is 0. The number of amides is 3. The minimum atomic E-state index is -0.409. The van der Waals surface area contributed by atoms with Crippen LogP contribution in [0.5, 0.6) is 0 Å². The van der Waals surface area contributed by atoms with Gasteiger partial charge in [-0.05, 0) is 61.1 Å². The summed E-state index contributed by atoms with van der Waals surface area (Å²) >= 11 is 0. The highest BCUT2D eigenvalue weighted by Crippen LogP contribution is 2.35. The Morgan fingerprint density at radius 2 is 1.72 bits per heavy atom. The van der Waals surface area contributed by atoms with Gasteiger partial charge in [0.25, 0.3) is 5.91 Å². The second kappa shape index (κ2) is 8.39. The summed E-state index contributed by atoms with van der Waals surface area (Å²) in [7, 11) is 0. The quantitative estimate of drug-likeness (QED) is 0.692. The van der Waals surface area contributed by atoms with E-state index in [2.05, 4.69) is 16.0 Å². The lowest BCUT2D eigenvalue weighted by Crippen LogP contribution is -2.46. The van der Waals surface area contributed by atoms with Gasteiger partial charge in [-0.3, -0.25) is 14.4 Å². The minimum Gasteiger partial charge on any atom is -0.353 e.